The number of benzene rings is 2. The molecule has 0 aliphatic heterocycles. The summed E-state index contributed by atoms with van der Waals surface area (Å²) in [7, 11) is -4.13. The first-order chi connectivity index (χ1) is 18.0. The lowest BCUT2D eigenvalue weighted by Gasteiger charge is -2.22. The van der Waals surface area contributed by atoms with Gasteiger partial charge in [0.15, 0.2) is 0 Å². The van der Waals surface area contributed by atoms with E-state index in [0.717, 1.165) is 23.2 Å². The van der Waals surface area contributed by atoms with Gasteiger partial charge in [-0.1, -0.05) is 37.6 Å². The first-order valence-electron chi connectivity index (χ1n) is 12.1. The summed E-state index contributed by atoms with van der Waals surface area (Å²) in [5, 5.41) is 6.33. The summed E-state index contributed by atoms with van der Waals surface area (Å²) in [5.41, 5.74) is 3.24. The van der Waals surface area contributed by atoms with Crippen LogP contribution in [0.25, 0.3) is 11.1 Å². The van der Waals surface area contributed by atoms with Gasteiger partial charge in [0.1, 0.15) is 13.3 Å². The molecule has 0 saturated heterocycles. The number of hydrogen-bond acceptors (Lipinski definition) is 6. The van der Waals surface area contributed by atoms with Crippen molar-refractivity contribution in [3.05, 3.63) is 76.9 Å². The third-order valence-electron chi connectivity index (χ3n) is 5.59. The molecule has 1 atom stereocenters. The fraction of sp³-hybridized carbons (Fsp3) is 0.333. The minimum atomic E-state index is -4.13. The number of nitrogens with zero attached hydrogens (tertiary/aromatic N) is 1. The number of rotatable bonds is 13. The fourth-order valence-electron chi connectivity index (χ4n) is 3.77. The van der Waals surface area contributed by atoms with E-state index >= 15 is 0 Å². The second-order valence-electron chi connectivity index (χ2n) is 9.23. The van der Waals surface area contributed by atoms with Crippen LogP contribution in [0.15, 0.2) is 60.8 Å². The fourth-order valence-corrected chi connectivity index (χ4v) is 4.45. The molecule has 38 heavy (non-hydrogen) atoms. The van der Waals surface area contributed by atoms with Crippen LogP contribution in [0.5, 0.6) is 5.88 Å². The van der Waals surface area contributed by atoms with E-state index in [-0.39, 0.29) is 12.6 Å². The zero-order valence-corrected chi connectivity index (χ0v) is 22.7. The van der Waals surface area contributed by atoms with Gasteiger partial charge in [0, 0.05) is 46.2 Å². The number of anilines is 1. The molecule has 3 N–H and O–H groups in total. The van der Waals surface area contributed by atoms with Gasteiger partial charge in [0.05, 0.1) is 11.8 Å². The molecule has 1 heterocycles. The summed E-state index contributed by atoms with van der Waals surface area (Å²) in [4.78, 5) is 16.6. The van der Waals surface area contributed by atoms with Crippen molar-refractivity contribution in [2.75, 3.05) is 24.2 Å². The number of alkyl halides is 1. The van der Waals surface area contributed by atoms with Crippen LogP contribution in [0, 0.1) is 5.92 Å². The molecule has 0 aliphatic carbocycles. The Balaban J connectivity index is 1.58. The third-order valence-corrected chi connectivity index (χ3v) is 6.62. The molecule has 0 radical (unpaired) electrons. The maximum absolute atomic E-state index is 12.8. The van der Waals surface area contributed by atoms with E-state index in [1.54, 1.807) is 54.7 Å². The third kappa shape index (κ3) is 9.27. The van der Waals surface area contributed by atoms with Crippen molar-refractivity contribution in [3.8, 4) is 17.0 Å². The molecule has 0 unspecified atom stereocenters. The Labute approximate surface area is 227 Å². The normalized spacial score (nSPS) is 12.3. The first kappa shape index (κ1) is 29.3. The van der Waals surface area contributed by atoms with E-state index < -0.39 is 28.5 Å². The molecule has 0 spiro atoms. The van der Waals surface area contributed by atoms with Gasteiger partial charge >= 0.3 is 0 Å². The Hall–Kier alpha value is -3.21. The molecule has 1 aromatic heterocycles. The van der Waals surface area contributed by atoms with Gasteiger partial charge in [-0.3, -0.25) is 9.35 Å². The van der Waals surface area contributed by atoms with E-state index in [0.29, 0.717) is 34.6 Å². The van der Waals surface area contributed by atoms with E-state index in [4.69, 9.17) is 20.9 Å². The quantitative estimate of drug-likeness (QED) is 0.238. The Bertz CT molecular complexity index is 1320. The maximum Gasteiger partial charge on any atom is 0.266 e. The lowest BCUT2D eigenvalue weighted by atomic mass is 10.0. The van der Waals surface area contributed by atoms with E-state index in [2.05, 4.69) is 29.5 Å². The standard InChI is InChI=1S/C27H31ClFN3O5S/c1-18(2)13-23(32-22-7-4-20(5-8-22)27(33)30-11-12-38(34,35)36)17-37-26-10-6-21(16-31-26)24-9-3-19(15-29)14-25(24)28/h3-10,14,16,18,23,32H,11-13,15,17H2,1-2H3,(H,30,33)(H,34,35,36)/t23-/m0/s1. The SMILES string of the molecule is CC(C)C[C@@H](COc1ccc(-c2ccc(CF)cc2Cl)cn1)Nc1ccc(C(=O)NCCS(=O)(=O)O)cc1. The minimum absolute atomic E-state index is 0.0337. The number of aromatic nitrogens is 1. The number of carbonyl (C=O) groups is 1. The number of nitrogens with one attached hydrogen (secondary N) is 2. The summed E-state index contributed by atoms with van der Waals surface area (Å²) >= 11 is 6.29. The maximum atomic E-state index is 12.8. The Morgan fingerprint density at radius 2 is 1.87 bits per heavy atom. The molecule has 1 amide bonds. The molecule has 2 aromatic carbocycles. The number of pyridine rings is 1. The number of amides is 1. The molecule has 3 aromatic rings. The van der Waals surface area contributed by atoms with Crippen molar-refractivity contribution in [1.82, 2.24) is 10.3 Å². The number of halogens is 2. The highest BCUT2D eigenvalue weighted by molar-refractivity contribution is 7.85. The van der Waals surface area contributed by atoms with E-state index in [1.165, 1.54) is 0 Å². The highest BCUT2D eigenvalue weighted by Crippen LogP contribution is 2.29. The highest BCUT2D eigenvalue weighted by atomic mass is 35.5. The molecule has 8 nitrogen and oxygen atoms in total. The van der Waals surface area contributed by atoms with Crippen LogP contribution in [0.4, 0.5) is 10.1 Å². The van der Waals surface area contributed by atoms with Crippen LogP contribution in [0.3, 0.4) is 0 Å². The monoisotopic (exact) mass is 563 g/mol. The van der Waals surface area contributed by atoms with Crippen molar-refractivity contribution < 1.29 is 26.9 Å². The molecule has 204 valence electrons. The van der Waals surface area contributed by atoms with Gasteiger partial charge in [-0.05, 0) is 54.3 Å². The Morgan fingerprint density at radius 1 is 1.13 bits per heavy atom. The Kier molecular flexibility index (Phi) is 10.5. The topological polar surface area (TPSA) is 118 Å². The summed E-state index contributed by atoms with van der Waals surface area (Å²) < 4.78 is 49.1. The molecule has 0 saturated carbocycles. The van der Waals surface area contributed by atoms with Gasteiger partial charge in [-0.25, -0.2) is 9.37 Å². The molecule has 0 fully saturated rings. The minimum Gasteiger partial charge on any atom is -0.475 e. The van der Waals surface area contributed by atoms with Gasteiger partial charge in [0.2, 0.25) is 5.88 Å². The van der Waals surface area contributed by atoms with Gasteiger partial charge in [0.25, 0.3) is 16.0 Å². The molecular formula is C27H31ClFN3O5S. The summed E-state index contributed by atoms with van der Waals surface area (Å²) in [5.74, 6) is -0.128. The number of ether oxygens (including phenoxy) is 1. The Morgan fingerprint density at radius 3 is 2.45 bits per heavy atom. The summed E-state index contributed by atoms with van der Waals surface area (Å²) in [6.07, 6.45) is 2.49. The van der Waals surface area contributed by atoms with Crippen molar-refractivity contribution >= 4 is 33.3 Å². The van der Waals surface area contributed by atoms with Crippen LogP contribution in [-0.2, 0) is 16.8 Å². The van der Waals surface area contributed by atoms with Gasteiger partial charge in [-0.2, -0.15) is 8.42 Å². The van der Waals surface area contributed by atoms with Crippen molar-refractivity contribution in [1.29, 1.82) is 0 Å². The van der Waals surface area contributed by atoms with Crippen LogP contribution in [-0.4, -0.2) is 48.8 Å². The second kappa shape index (κ2) is 13.5. The van der Waals surface area contributed by atoms with Gasteiger partial charge < -0.3 is 15.4 Å². The predicted molar refractivity (Wildman–Crippen MR) is 147 cm³/mol. The molecule has 0 aliphatic rings. The molecule has 3 rings (SSSR count). The number of hydrogen-bond donors (Lipinski definition) is 3. The number of carbonyl (C=O) groups excluding carboxylic acids is 1. The van der Waals surface area contributed by atoms with Crippen molar-refractivity contribution in [2.45, 2.75) is 33.0 Å². The van der Waals surface area contributed by atoms with Crippen molar-refractivity contribution in [2.24, 2.45) is 5.92 Å². The first-order valence-corrected chi connectivity index (χ1v) is 14.1. The van der Waals surface area contributed by atoms with E-state index in [9.17, 15) is 17.6 Å². The average molecular weight is 564 g/mol. The molecule has 0 bridgehead atoms. The zero-order valence-electron chi connectivity index (χ0n) is 21.2. The van der Waals surface area contributed by atoms with Crippen LogP contribution in [0.1, 0.15) is 36.2 Å². The van der Waals surface area contributed by atoms with Crippen LogP contribution >= 0.6 is 11.6 Å². The summed E-state index contributed by atoms with van der Waals surface area (Å²) in [6, 6.07) is 15.4. The van der Waals surface area contributed by atoms with Crippen LogP contribution in [0.2, 0.25) is 5.02 Å². The zero-order chi connectivity index (χ0) is 27.7. The predicted octanol–water partition coefficient (Wildman–Crippen LogP) is 5.39. The smallest absolute Gasteiger partial charge is 0.266 e. The average Bonchev–Trinajstić information content (AvgIpc) is 2.87. The van der Waals surface area contributed by atoms with Crippen molar-refractivity contribution in [3.63, 3.8) is 0 Å². The molecule has 11 heteroatoms. The van der Waals surface area contributed by atoms with E-state index in [1.807, 2.05) is 6.07 Å². The lowest BCUT2D eigenvalue weighted by molar-refractivity contribution is 0.0956. The summed E-state index contributed by atoms with van der Waals surface area (Å²) in [6.45, 7) is 3.82. The lowest BCUT2D eigenvalue weighted by Crippen LogP contribution is -2.29. The van der Waals surface area contributed by atoms with Crippen LogP contribution < -0.4 is 15.4 Å². The second-order valence-corrected chi connectivity index (χ2v) is 11.2. The largest absolute Gasteiger partial charge is 0.475 e. The van der Waals surface area contributed by atoms with Gasteiger partial charge in [-0.15, -0.1) is 0 Å². The highest BCUT2D eigenvalue weighted by Gasteiger charge is 2.14. The molecular weight excluding hydrogens is 533 g/mol.